The Balaban J connectivity index is 1.74. The van der Waals surface area contributed by atoms with Gasteiger partial charge in [0.2, 0.25) is 0 Å². The number of aromatic nitrogens is 1. The monoisotopic (exact) mass is 315 g/mol. The van der Waals surface area contributed by atoms with Gasteiger partial charge in [-0.2, -0.15) is 0 Å². The van der Waals surface area contributed by atoms with Crippen molar-refractivity contribution in [1.29, 1.82) is 0 Å². The first-order valence-electron chi connectivity index (χ1n) is 6.07. The van der Waals surface area contributed by atoms with Crippen molar-refractivity contribution in [2.75, 3.05) is 44.7 Å². The first-order chi connectivity index (χ1) is 8.75. The van der Waals surface area contributed by atoms with Crippen molar-refractivity contribution in [1.82, 2.24) is 9.88 Å². The van der Waals surface area contributed by atoms with E-state index in [1.807, 2.05) is 6.07 Å². The zero-order chi connectivity index (χ0) is 12.8. The summed E-state index contributed by atoms with van der Waals surface area (Å²) in [6, 6.07) is 1.88. The number of ether oxygens (including phenoxy) is 1. The Hall–Kier alpha value is -0.690. The van der Waals surface area contributed by atoms with Gasteiger partial charge in [0.25, 0.3) is 0 Å². The van der Waals surface area contributed by atoms with Gasteiger partial charge in [0.15, 0.2) is 0 Å². The third-order valence-electron chi connectivity index (χ3n) is 2.87. The number of nitrogens with zero attached hydrogens (tertiary/aromatic N) is 2. The van der Waals surface area contributed by atoms with Gasteiger partial charge in [-0.1, -0.05) is 0 Å². The summed E-state index contributed by atoms with van der Waals surface area (Å²) in [5.41, 5.74) is 0.950. The summed E-state index contributed by atoms with van der Waals surface area (Å²) < 4.78 is 6.18. The summed E-state index contributed by atoms with van der Waals surface area (Å²) in [6.45, 7) is 4.52. The highest BCUT2D eigenvalue weighted by Gasteiger charge is 2.14. The van der Waals surface area contributed by atoms with Gasteiger partial charge in [-0.3, -0.25) is 9.88 Å². The number of hydrogen-bond donors (Lipinski definition) is 2. The number of pyridine rings is 1. The summed E-state index contributed by atoms with van der Waals surface area (Å²) in [5, 5.41) is 13.2. The van der Waals surface area contributed by atoms with Crippen LogP contribution in [0.15, 0.2) is 22.9 Å². The number of halogens is 1. The van der Waals surface area contributed by atoms with E-state index < -0.39 is 0 Å². The van der Waals surface area contributed by atoms with E-state index in [0.29, 0.717) is 13.1 Å². The van der Waals surface area contributed by atoms with Gasteiger partial charge in [-0.25, -0.2) is 0 Å². The van der Waals surface area contributed by atoms with Crippen LogP contribution in [0.1, 0.15) is 0 Å². The Morgan fingerprint density at radius 2 is 2.28 bits per heavy atom. The average Bonchev–Trinajstić information content (AvgIpc) is 2.39. The molecule has 6 heteroatoms. The van der Waals surface area contributed by atoms with Crippen LogP contribution < -0.4 is 5.32 Å². The lowest BCUT2D eigenvalue weighted by Crippen LogP contribution is -2.42. The maximum atomic E-state index is 9.98. The third-order valence-corrected chi connectivity index (χ3v) is 3.51. The SMILES string of the molecule is OC(CNc1ccncc1Br)CN1CCOCC1. The second-order valence-electron chi connectivity index (χ2n) is 4.30. The lowest BCUT2D eigenvalue weighted by atomic mass is 10.3. The van der Waals surface area contributed by atoms with E-state index in [1.54, 1.807) is 12.4 Å². The van der Waals surface area contributed by atoms with Crippen LogP contribution >= 0.6 is 15.9 Å². The molecule has 1 atom stereocenters. The van der Waals surface area contributed by atoms with Crippen molar-refractivity contribution >= 4 is 21.6 Å². The highest BCUT2D eigenvalue weighted by Crippen LogP contribution is 2.19. The molecule has 1 unspecified atom stereocenters. The van der Waals surface area contributed by atoms with E-state index in [9.17, 15) is 5.11 Å². The van der Waals surface area contributed by atoms with E-state index in [2.05, 4.69) is 31.1 Å². The van der Waals surface area contributed by atoms with Gasteiger partial charge in [0, 0.05) is 38.6 Å². The molecule has 0 radical (unpaired) electrons. The number of morpholine rings is 1. The van der Waals surface area contributed by atoms with Crippen LogP contribution in [-0.2, 0) is 4.74 Å². The quantitative estimate of drug-likeness (QED) is 0.847. The number of rotatable bonds is 5. The summed E-state index contributed by atoms with van der Waals surface area (Å²) in [7, 11) is 0. The van der Waals surface area contributed by atoms with E-state index in [1.165, 1.54) is 0 Å². The minimum Gasteiger partial charge on any atom is -0.390 e. The van der Waals surface area contributed by atoms with Gasteiger partial charge in [-0.05, 0) is 22.0 Å². The highest BCUT2D eigenvalue weighted by molar-refractivity contribution is 9.10. The van der Waals surface area contributed by atoms with Crippen molar-refractivity contribution in [3.63, 3.8) is 0 Å². The Bertz CT molecular complexity index is 372. The van der Waals surface area contributed by atoms with Crippen molar-refractivity contribution in [3.8, 4) is 0 Å². The number of aliphatic hydroxyl groups excluding tert-OH is 1. The topological polar surface area (TPSA) is 57.6 Å². The molecule has 0 saturated carbocycles. The fourth-order valence-electron chi connectivity index (χ4n) is 1.89. The molecule has 1 aromatic rings. The molecule has 0 aromatic carbocycles. The van der Waals surface area contributed by atoms with E-state index in [0.717, 1.165) is 36.5 Å². The largest absolute Gasteiger partial charge is 0.390 e. The summed E-state index contributed by atoms with van der Waals surface area (Å²) in [5.74, 6) is 0. The average molecular weight is 316 g/mol. The van der Waals surface area contributed by atoms with Gasteiger partial charge in [0.1, 0.15) is 0 Å². The number of nitrogens with one attached hydrogen (secondary N) is 1. The molecule has 0 spiro atoms. The summed E-state index contributed by atoms with van der Waals surface area (Å²) >= 11 is 3.41. The molecule has 1 fully saturated rings. The van der Waals surface area contributed by atoms with E-state index in [4.69, 9.17) is 4.74 Å². The molecule has 0 bridgehead atoms. The predicted octanol–water partition coefficient (Wildman–Crippen LogP) is 0.949. The van der Waals surface area contributed by atoms with Crippen LogP contribution in [-0.4, -0.2) is 60.5 Å². The van der Waals surface area contributed by atoms with E-state index in [-0.39, 0.29) is 6.10 Å². The Morgan fingerprint density at radius 1 is 1.50 bits per heavy atom. The Kier molecular flexibility index (Phi) is 5.37. The molecule has 0 amide bonds. The van der Waals surface area contributed by atoms with Crippen LogP contribution in [0.5, 0.6) is 0 Å². The second kappa shape index (κ2) is 7.04. The molecule has 0 aliphatic carbocycles. The van der Waals surface area contributed by atoms with Gasteiger partial charge in [-0.15, -0.1) is 0 Å². The smallest absolute Gasteiger partial charge is 0.0839 e. The number of anilines is 1. The molecule has 1 aliphatic heterocycles. The standard InChI is InChI=1S/C12H18BrN3O2/c13-11-8-14-2-1-12(11)15-7-10(17)9-16-3-5-18-6-4-16/h1-2,8,10,17H,3-7,9H2,(H,14,15). The molecule has 2 rings (SSSR count). The molecular weight excluding hydrogens is 298 g/mol. The lowest BCUT2D eigenvalue weighted by molar-refractivity contribution is 0.0171. The lowest BCUT2D eigenvalue weighted by Gasteiger charge is -2.28. The van der Waals surface area contributed by atoms with Crippen molar-refractivity contribution in [2.45, 2.75) is 6.10 Å². The first kappa shape index (κ1) is 13.7. The van der Waals surface area contributed by atoms with Crippen LogP contribution in [0.2, 0.25) is 0 Å². The van der Waals surface area contributed by atoms with E-state index >= 15 is 0 Å². The molecule has 2 heterocycles. The summed E-state index contributed by atoms with van der Waals surface area (Å²) in [6.07, 6.45) is 3.07. The predicted molar refractivity (Wildman–Crippen MR) is 73.7 cm³/mol. The van der Waals surface area contributed by atoms with Crippen LogP contribution in [0.25, 0.3) is 0 Å². The minimum atomic E-state index is -0.386. The second-order valence-corrected chi connectivity index (χ2v) is 5.16. The number of β-amino-alcohol motifs (C(OH)–C–C–N with tert-alkyl or cyclic N) is 1. The molecule has 2 N–H and O–H groups in total. The maximum Gasteiger partial charge on any atom is 0.0839 e. The van der Waals surface area contributed by atoms with Crippen LogP contribution in [0, 0.1) is 0 Å². The molecule has 5 nitrogen and oxygen atoms in total. The fraction of sp³-hybridized carbons (Fsp3) is 0.583. The highest BCUT2D eigenvalue weighted by atomic mass is 79.9. The zero-order valence-corrected chi connectivity index (χ0v) is 11.8. The van der Waals surface area contributed by atoms with Crippen molar-refractivity contribution in [2.24, 2.45) is 0 Å². The third kappa shape index (κ3) is 4.20. The molecule has 1 aliphatic rings. The first-order valence-corrected chi connectivity index (χ1v) is 6.86. The van der Waals surface area contributed by atoms with Crippen molar-refractivity contribution < 1.29 is 9.84 Å². The maximum absolute atomic E-state index is 9.98. The zero-order valence-electron chi connectivity index (χ0n) is 10.2. The van der Waals surface area contributed by atoms with Gasteiger partial charge < -0.3 is 15.2 Å². The minimum absolute atomic E-state index is 0.386. The molecule has 18 heavy (non-hydrogen) atoms. The Morgan fingerprint density at radius 3 is 3.00 bits per heavy atom. The fourth-order valence-corrected chi connectivity index (χ4v) is 2.28. The van der Waals surface area contributed by atoms with Crippen LogP contribution in [0.3, 0.4) is 0 Å². The normalized spacial score (nSPS) is 18.6. The molecule has 1 aromatic heterocycles. The van der Waals surface area contributed by atoms with Crippen LogP contribution in [0.4, 0.5) is 5.69 Å². The Labute approximate surface area is 115 Å². The van der Waals surface area contributed by atoms with Crippen molar-refractivity contribution in [3.05, 3.63) is 22.9 Å². The molecular formula is C12H18BrN3O2. The van der Waals surface area contributed by atoms with Gasteiger partial charge in [0.05, 0.1) is 29.5 Å². The number of aliphatic hydroxyl groups is 1. The van der Waals surface area contributed by atoms with Gasteiger partial charge >= 0.3 is 0 Å². The summed E-state index contributed by atoms with van der Waals surface area (Å²) in [4.78, 5) is 6.21. The molecule has 100 valence electrons. The molecule has 1 saturated heterocycles. The number of hydrogen-bond acceptors (Lipinski definition) is 5.